The highest BCUT2D eigenvalue weighted by molar-refractivity contribution is 6.10. The largest absolute Gasteiger partial charge is 0.309 e. The Labute approximate surface area is 336 Å². The molecule has 0 unspecified atom stereocenters. The van der Waals surface area contributed by atoms with Crippen molar-refractivity contribution >= 4 is 43.4 Å². The minimum absolute atomic E-state index is 0.379. The van der Waals surface area contributed by atoms with Crippen LogP contribution >= 0.6 is 0 Å². The number of hydrogen-bond acceptors (Lipinski definition) is 0. The molecule has 2 aliphatic rings. The van der Waals surface area contributed by atoms with Gasteiger partial charge in [-0.05, 0) is 131 Å². The molecular weight excluding hydrogens is 699 g/mol. The summed E-state index contributed by atoms with van der Waals surface area (Å²) in [6.45, 7) is 0. The first-order valence-corrected chi connectivity index (χ1v) is 20.3. The van der Waals surface area contributed by atoms with Gasteiger partial charge < -0.3 is 4.57 Å². The Morgan fingerprint density at radius 2 is 0.776 bits per heavy atom. The number of nitrogens with zero attached hydrogens (tertiary/aromatic N) is 1. The first kappa shape index (κ1) is 31.7. The maximum absolute atomic E-state index is 2.46. The van der Waals surface area contributed by atoms with Gasteiger partial charge in [0.15, 0.2) is 0 Å². The van der Waals surface area contributed by atoms with Gasteiger partial charge in [-0.1, -0.05) is 170 Å². The molecule has 0 saturated carbocycles. The third-order valence-corrected chi connectivity index (χ3v) is 13.2. The minimum Gasteiger partial charge on any atom is -0.309 e. The number of para-hydroxylation sites is 2. The highest BCUT2D eigenvalue weighted by Crippen LogP contribution is 2.64. The first-order chi connectivity index (χ1) is 28.8. The van der Waals surface area contributed by atoms with E-state index in [9.17, 15) is 0 Å². The molecule has 0 radical (unpaired) electrons. The lowest BCUT2D eigenvalue weighted by molar-refractivity contribution is 0.801. The summed E-state index contributed by atoms with van der Waals surface area (Å²) in [6, 6.07) is 79.3. The number of fused-ring (bicyclic) bond motifs is 16. The Bertz CT molecular complexity index is 3450. The van der Waals surface area contributed by atoms with Crippen LogP contribution in [0.15, 0.2) is 212 Å². The van der Waals surface area contributed by atoms with Crippen molar-refractivity contribution in [3.63, 3.8) is 0 Å². The smallest absolute Gasteiger partial charge is 0.0731 e. The van der Waals surface area contributed by atoms with E-state index < -0.39 is 0 Å². The summed E-state index contributed by atoms with van der Waals surface area (Å²) in [6.07, 6.45) is 0. The summed E-state index contributed by atoms with van der Waals surface area (Å²) < 4.78 is 2.39. The van der Waals surface area contributed by atoms with Crippen molar-refractivity contribution < 1.29 is 0 Å². The standard InChI is InChI=1S/C57H35N/c1-2-12-43(13-3-1)58-54-21-11-7-17-47(54)48-30-29-42(35-55(48)58)40-27-25-37-32-39(26-24-38(37)33-40)41-23-22-36-28-31-49-46-16-6-10-20-53(46)57(56(49)50(36)34-41)51-18-8-4-14-44(51)45-15-5-9-19-52(45)57/h1-35H. The second kappa shape index (κ2) is 11.8. The van der Waals surface area contributed by atoms with Crippen LogP contribution in [0.4, 0.5) is 0 Å². The highest BCUT2D eigenvalue weighted by atomic mass is 15.0. The second-order valence-corrected chi connectivity index (χ2v) is 16.0. The quantitative estimate of drug-likeness (QED) is 0.170. The highest BCUT2D eigenvalue weighted by Gasteiger charge is 2.52. The van der Waals surface area contributed by atoms with Crippen LogP contribution in [0.3, 0.4) is 0 Å². The summed E-state index contributed by atoms with van der Waals surface area (Å²) in [5.41, 5.74) is 19.0. The van der Waals surface area contributed by atoms with Gasteiger partial charge in [-0.3, -0.25) is 0 Å². The molecule has 13 rings (SSSR count). The Balaban J connectivity index is 0.950. The van der Waals surface area contributed by atoms with E-state index in [1.807, 2.05) is 0 Å². The Hall–Kier alpha value is -7.48. The van der Waals surface area contributed by atoms with Crippen LogP contribution in [-0.2, 0) is 5.41 Å². The van der Waals surface area contributed by atoms with E-state index in [4.69, 9.17) is 0 Å². The predicted molar refractivity (Wildman–Crippen MR) is 243 cm³/mol. The Kier molecular flexibility index (Phi) is 6.43. The maximum Gasteiger partial charge on any atom is 0.0731 e. The minimum atomic E-state index is -0.379. The molecule has 0 atom stereocenters. The van der Waals surface area contributed by atoms with Gasteiger partial charge in [0.1, 0.15) is 0 Å². The van der Waals surface area contributed by atoms with E-state index in [1.54, 1.807) is 0 Å². The number of hydrogen-bond donors (Lipinski definition) is 0. The van der Waals surface area contributed by atoms with E-state index in [0.29, 0.717) is 0 Å². The van der Waals surface area contributed by atoms with Gasteiger partial charge in [-0.2, -0.15) is 0 Å². The molecule has 1 nitrogen and oxygen atoms in total. The zero-order valence-electron chi connectivity index (χ0n) is 31.7. The average molecular weight is 734 g/mol. The monoisotopic (exact) mass is 733 g/mol. The lowest BCUT2D eigenvalue weighted by atomic mass is 9.69. The lowest BCUT2D eigenvalue weighted by Crippen LogP contribution is -2.26. The van der Waals surface area contributed by atoms with Gasteiger partial charge in [0.2, 0.25) is 0 Å². The van der Waals surface area contributed by atoms with Crippen LogP contribution in [0.25, 0.3) is 93.5 Å². The van der Waals surface area contributed by atoms with Crippen molar-refractivity contribution in [3.05, 3.63) is 235 Å². The van der Waals surface area contributed by atoms with Crippen LogP contribution in [0, 0.1) is 0 Å². The molecule has 1 heteroatoms. The summed E-state index contributed by atoms with van der Waals surface area (Å²) >= 11 is 0. The lowest BCUT2D eigenvalue weighted by Gasteiger charge is -2.31. The van der Waals surface area contributed by atoms with Crippen molar-refractivity contribution in [3.8, 4) is 50.2 Å². The van der Waals surface area contributed by atoms with Gasteiger partial charge in [-0.15, -0.1) is 0 Å². The summed E-state index contributed by atoms with van der Waals surface area (Å²) in [7, 11) is 0. The summed E-state index contributed by atoms with van der Waals surface area (Å²) in [4.78, 5) is 0. The summed E-state index contributed by atoms with van der Waals surface area (Å²) in [5.74, 6) is 0. The molecule has 268 valence electrons. The fourth-order valence-electron chi connectivity index (χ4n) is 10.7. The van der Waals surface area contributed by atoms with E-state index in [-0.39, 0.29) is 5.41 Å². The van der Waals surface area contributed by atoms with E-state index in [1.165, 1.54) is 116 Å². The fraction of sp³-hybridized carbons (Fsp3) is 0.0175. The maximum atomic E-state index is 2.46. The molecule has 1 heterocycles. The molecule has 2 aliphatic carbocycles. The van der Waals surface area contributed by atoms with E-state index in [2.05, 4.69) is 217 Å². The van der Waals surface area contributed by atoms with Crippen LogP contribution in [-0.4, -0.2) is 4.57 Å². The molecule has 1 spiro atoms. The molecule has 0 aliphatic heterocycles. The van der Waals surface area contributed by atoms with Gasteiger partial charge in [-0.25, -0.2) is 0 Å². The molecule has 0 N–H and O–H groups in total. The Morgan fingerprint density at radius 1 is 0.293 bits per heavy atom. The molecule has 58 heavy (non-hydrogen) atoms. The molecule has 0 saturated heterocycles. The average Bonchev–Trinajstić information content (AvgIpc) is 3.90. The van der Waals surface area contributed by atoms with E-state index in [0.717, 1.165) is 0 Å². The third kappa shape index (κ3) is 4.20. The zero-order valence-corrected chi connectivity index (χ0v) is 31.7. The molecule has 0 fully saturated rings. The van der Waals surface area contributed by atoms with Crippen molar-refractivity contribution in [2.24, 2.45) is 0 Å². The predicted octanol–water partition coefficient (Wildman–Crippen LogP) is 14.8. The Morgan fingerprint density at radius 3 is 1.45 bits per heavy atom. The van der Waals surface area contributed by atoms with Crippen LogP contribution in [0.5, 0.6) is 0 Å². The van der Waals surface area contributed by atoms with Crippen LogP contribution < -0.4 is 0 Å². The SMILES string of the molecule is c1ccc(-n2c3ccccc3c3ccc(-c4ccc5cc(-c6ccc7ccc8c(c7c6)C6(c7ccccc7-c7ccccc76)c6ccccc6-8)ccc5c4)cc32)cc1. The molecular formula is C57H35N. The van der Waals surface area contributed by atoms with Crippen molar-refractivity contribution in [2.75, 3.05) is 0 Å². The molecule has 1 aromatic heterocycles. The first-order valence-electron chi connectivity index (χ1n) is 20.3. The number of rotatable bonds is 3. The van der Waals surface area contributed by atoms with Crippen molar-refractivity contribution in [1.29, 1.82) is 0 Å². The van der Waals surface area contributed by atoms with Gasteiger partial charge in [0, 0.05) is 16.5 Å². The summed E-state index contributed by atoms with van der Waals surface area (Å²) in [5, 5.41) is 7.60. The third-order valence-electron chi connectivity index (χ3n) is 13.2. The molecule has 11 aromatic rings. The molecule has 0 bridgehead atoms. The van der Waals surface area contributed by atoms with Gasteiger partial charge >= 0.3 is 0 Å². The van der Waals surface area contributed by atoms with Crippen LogP contribution in [0.2, 0.25) is 0 Å². The van der Waals surface area contributed by atoms with Gasteiger partial charge in [0.05, 0.1) is 16.4 Å². The zero-order chi connectivity index (χ0) is 38.0. The van der Waals surface area contributed by atoms with Crippen molar-refractivity contribution in [1.82, 2.24) is 4.57 Å². The normalized spacial score (nSPS) is 13.3. The molecule has 0 amide bonds. The van der Waals surface area contributed by atoms with Crippen LogP contribution in [0.1, 0.15) is 22.3 Å². The second-order valence-electron chi connectivity index (χ2n) is 16.0. The fourth-order valence-corrected chi connectivity index (χ4v) is 10.7. The van der Waals surface area contributed by atoms with E-state index >= 15 is 0 Å². The number of aromatic nitrogens is 1. The number of benzene rings is 10. The molecule has 10 aromatic carbocycles. The topological polar surface area (TPSA) is 4.93 Å². The van der Waals surface area contributed by atoms with Crippen molar-refractivity contribution in [2.45, 2.75) is 5.41 Å². The van der Waals surface area contributed by atoms with Gasteiger partial charge in [0.25, 0.3) is 0 Å².